The fourth-order valence-corrected chi connectivity index (χ4v) is 2.31. The van der Waals surface area contributed by atoms with E-state index in [4.69, 9.17) is 23.2 Å². The summed E-state index contributed by atoms with van der Waals surface area (Å²) in [5, 5.41) is 6.71. The first-order valence-corrected chi connectivity index (χ1v) is 8.08. The lowest BCUT2D eigenvalue weighted by atomic mass is 10.3. The number of rotatable bonds is 5. The number of carbonyl (C=O) groups is 1. The second-order valence-corrected chi connectivity index (χ2v) is 5.90. The first-order chi connectivity index (χ1) is 12.1. The number of hydrogen-bond donors (Lipinski definition) is 2. The molecule has 0 radical (unpaired) electrons. The molecule has 2 aromatic heterocycles. The Hall–Kier alpha value is -2.70. The highest BCUT2D eigenvalue weighted by molar-refractivity contribution is 6.42. The van der Waals surface area contributed by atoms with E-state index in [0.29, 0.717) is 22.4 Å². The lowest BCUT2D eigenvalue weighted by Crippen LogP contribution is -2.24. The molecular weight excluding hydrogens is 361 g/mol. The molecule has 6 nitrogen and oxygen atoms in total. The summed E-state index contributed by atoms with van der Waals surface area (Å²) in [5.41, 5.74) is 1.85. The molecule has 0 saturated carbocycles. The molecule has 0 saturated heterocycles. The number of halogens is 2. The Morgan fingerprint density at radius 2 is 1.92 bits per heavy atom. The first kappa shape index (κ1) is 17.1. The zero-order valence-corrected chi connectivity index (χ0v) is 14.4. The summed E-state index contributed by atoms with van der Waals surface area (Å²) in [6.07, 6.45) is 6.24. The summed E-state index contributed by atoms with van der Waals surface area (Å²) in [6.45, 7) is 0.373. The van der Waals surface area contributed by atoms with Crippen LogP contribution in [0.15, 0.2) is 55.1 Å². The largest absolute Gasteiger partial charge is 0.347 e. The van der Waals surface area contributed by atoms with Crippen molar-refractivity contribution in [1.82, 2.24) is 20.3 Å². The monoisotopic (exact) mass is 373 g/mol. The molecule has 0 aliphatic rings. The maximum absolute atomic E-state index is 12.1. The number of aromatic nitrogens is 3. The quantitative estimate of drug-likeness (QED) is 0.709. The zero-order chi connectivity index (χ0) is 17.6. The second kappa shape index (κ2) is 7.92. The molecule has 0 spiro atoms. The van der Waals surface area contributed by atoms with Crippen molar-refractivity contribution < 1.29 is 4.79 Å². The van der Waals surface area contributed by atoms with Crippen LogP contribution in [0.3, 0.4) is 0 Å². The summed E-state index contributed by atoms with van der Waals surface area (Å²) in [6, 6.07) is 8.82. The predicted octanol–water partition coefficient (Wildman–Crippen LogP) is 3.85. The molecule has 25 heavy (non-hydrogen) atoms. The Balaban J connectivity index is 1.61. The van der Waals surface area contributed by atoms with Crippen LogP contribution in [0.25, 0.3) is 0 Å². The van der Waals surface area contributed by atoms with E-state index in [2.05, 4.69) is 25.6 Å². The summed E-state index contributed by atoms with van der Waals surface area (Å²) in [7, 11) is 0. The van der Waals surface area contributed by atoms with Gasteiger partial charge in [0.2, 0.25) is 0 Å². The van der Waals surface area contributed by atoms with E-state index < -0.39 is 0 Å². The molecule has 0 bridgehead atoms. The van der Waals surface area contributed by atoms with Crippen molar-refractivity contribution in [3.8, 4) is 0 Å². The lowest BCUT2D eigenvalue weighted by Gasteiger charge is -2.07. The van der Waals surface area contributed by atoms with Gasteiger partial charge in [-0.15, -0.1) is 0 Å². The van der Waals surface area contributed by atoms with Gasteiger partial charge in [-0.05, 0) is 29.8 Å². The van der Waals surface area contributed by atoms with Crippen molar-refractivity contribution in [3.63, 3.8) is 0 Å². The highest BCUT2D eigenvalue weighted by atomic mass is 35.5. The summed E-state index contributed by atoms with van der Waals surface area (Å²) in [4.78, 5) is 24.4. The molecule has 2 N–H and O–H groups in total. The van der Waals surface area contributed by atoms with Crippen molar-refractivity contribution in [2.45, 2.75) is 6.54 Å². The van der Waals surface area contributed by atoms with E-state index in [9.17, 15) is 4.79 Å². The minimum absolute atomic E-state index is 0.226. The zero-order valence-electron chi connectivity index (χ0n) is 12.9. The van der Waals surface area contributed by atoms with Gasteiger partial charge in [-0.25, -0.2) is 9.97 Å². The first-order valence-electron chi connectivity index (χ1n) is 7.33. The van der Waals surface area contributed by atoms with E-state index in [0.717, 1.165) is 11.3 Å². The normalized spacial score (nSPS) is 10.3. The third-order valence-corrected chi connectivity index (χ3v) is 3.99. The molecule has 8 heteroatoms. The molecule has 0 unspecified atom stereocenters. The number of nitrogens with one attached hydrogen (secondary N) is 2. The Labute approximate surface area is 154 Å². The van der Waals surface area contributed by atoms with Crippen LogP contribution >= 0.6 is 23.2 Å². The molecule has 3 aromatic rings. The molecule has 0 fully saturated rings. The van der Waals surface area contributed by atoms with Crippen molar-refractivity contribution in [2.75, 3.05) is 5.32 Å². The van der Waals surface area contributed by atoms with Gasteiger partial charge in [0.25, 0.3) is 5.91 Å². The van der Waals surface area contributed by atoms with Crippen LogP contribution in [-0.2, 0) is 6.54 Å². The summed E-state index contributed by atoms with van der Waals surface area (Å²) >= 11 is 11.8. The van der Waals surface area contributed by atoms with Crippen LogP contribution in [-0.4, -0.2) is 20.9 Å². The maximum atomic E-state index is 12.1. The second-order valence-electron chi connectivity index (χ2n) is 5.08. The lowest BCUT2D eigenvalue weighted by molar-refractivity contribution is 0.0945. The van der Waals surface area contributed by atoms with E-state index in [-0.39, 0.29) is 11.6 Å². The molecular formula is C17H13Cl2N5O. The van der Waals surface area contributed by atoms with Gasteiger partial charge in [0.05, 0.1) is 22.4 Å². The third-order valence-electron chi connectivity index (χ3n) is 3.25. The van der Waals surface area contributed by atoms with Crippen molar-refractivity contribution in [3.05, 3.63) is 76.4 Å². The number of pyridine rings is 1. The average Bonchev–Trinajstić information content (AvgIpc) is 2.64. The van der Waals surface area contributed by atoms with Crippen LogP contribution in [0.2, 0.25) is 10.0 Å². The smallest absolute Gasteiger partial charge is 0.271 e. The van der Waals surface area contributed by atoms with Crippen LogP contribution in [0.5, 0.6) is 0 Å². The minimum atomic E-state index is -0.308. The van der Waals surface area contributed by atoms with Crippen LogP contribution in [0, 0.1) is 0 Å². The van der Waals surface area contributed by atoms with Crippen molar-refractivity contribution >= 4 is 40.6 Å². The number of amides is 1. The van der Waals surface area contributed by atoms with Gasteiger partial charge in [0.15, 0.2) is 0 Å². The molecule has 0 aliphatic carbocycles. The molecule has 1 amide bonds. The number of carbonyl (C=O) groups excluding carboxylic acids is 1. The van der Waals surface area contributed by atoms with Crippen LogP contribution in [0.4, 0.5) is 11.5 Å². The Kier molecular flexibility index (Phi) is 5.42. The van der Waals surface area contributed by atoms with Gasteiger partial charge in [-0.3, -0.25) is 9.78 Å². The Bertz CT molecular complexity index is 872. The van der Waals surface area contributed by atoms with Crippen molar-refractivity contribution in [2.24, 2.45) is 0 Å². The highest BCUT2D eigenvalue weighted by Gasteiger charge is 2.08. The maximum Gasteiger partial charge on any atom is 0.271 e. The van der Waals surface area contributed by atoms with E-state index in [1.807, 2.05) is 12.1 Å². The van der Waals surface area contributed by atoms with Gasteiger partial charge in [-0.1, -0.05) is 29.3 Å². The summed E-state index contributed by atoms with van der Waals surface area (Å²) < 4.78 is 0. The molecule has 1 aromatic carbocycles. The average molecular weight is 374 g/mol. The van der Waals surface area contributed by atoms with Gasteiger partial charge < -0.3 is 10.6 Å². The molecule has 2 heterocycles. The molecule has 126 valence electrons. The number of anilines is 2. The number of benzene rings is 1. The number of hydrogen-bond acceptors (Lipinski definition) is 5. The van der Waals surface area contributed by atoms with Crippen LogP contribution in [0.1, 0.15) is 16.1 Å². The SMILES string of the molecule is O=C(NCc1cccnc1)c1cnc(Nc2ccc(Cl)c(Cl)c2)cn1. The van der Waals surface area contributed by atoms with Gasteiger partial charge in [-0.2, -0.15) is 0 Å². The molecule has 3 rings (SSSR count). The number of nitrogens with zero attached hydrogens (tertiary/aromatic N) is 3. The minimum Gasteiger partial charge on any atom is -0.347 e. The van der Waals surface area contributed by atoms with Crippen LogP contribution < -0.4 is 10.6 Å². The fourth-order valence-electron chi connectivity index (χ4n) is 2.01. The molecule has 0 atom stereocenters. The van der Waals surface area contributed by atoms with Crippen molar-refractivity contribution in [1.29, 1.82) is 0 Å². The Morgan fingerprint density at radius 1 is 1.04 bits per heavy atom. The topological polar surface area (TPSA) is 79.8 Å². The third kappa shape index (κ3) is 4.65. The summed E-state index contributed by atoms with van der Waals surface area (Å²) in [5.74, 6) is 0.180. The van der Waals surface area contributed by atoms with E-state index >= 15 is 0 Å². The van der Waals surface area contributed by atoms with Gasteiger partial charge in [0, 0.05) is 24.6 Å². The van der Waals surface area contributed by atoms with Gasteiger partial charge >= 0.3 is 0 Å². The standard InChI is InChI=1S/C17H13Cl2N5O/c18-13-4-3-12(6-14(13)19)24-16-10-21-15(9-22-16)17(25)23-8-11-2-1-5-20-7-11/h1-7,9-10H,8H2,(H,22,24)(H,23,25). The van der Waals surface area contributed by atoms with E-state index in [1.165, 1.54) is 12.4 Å². The molecule has 0 aliphatic heterocycles. The predicted molar refractivity (Wildman–Crippen MR) is 97.2 cm³/mol. The Morgan fingerprint density at radius 3 is 2.60 bits per heavy atom. The fraction of sp³-hybridized carbons (Fsp3) is 0.0588. The highest BCUT2D eigenvalue weighted by Crippen LogP contribution is 2.26. The van der Waals surface area contributed by atoms with E-state index in [1.54, 1.807) is 30.6 Å². The van der Waals surface area contributed by atoms with Gasteiger partial charge in [0.1, 0.15) is 11.5 Å².